The number of para-hydroxylation sites is 3. The van der Waals surface area contributed by atoms with Crippen LogP contribution in [0.5, 0.6) is 0 Å². The fourth-order valence-electron chi connectivity index (χ4n) is 8.18. The van der Waals surface area contributed by atoms with Crippen LogP contribution in [0, 0.1) is 22.7 Å². The number of benzene rings is 5. The predicted molar refractivity (Wildman–Crippen MR) is 200 cm³/mol. The summed E-state index contributed by atoms with van der Waals surface area (Å²) in [6.07, 6.45) is 0. The summed E-state index contributed by atoms with van der Waals surface area (Å²) in [6.45, 7) is 17.5. The molecule has 0 amide bonds. The van der Waals surface area contributed by atoms with Gasteiger partial charge in [0.15, 0.2) is 0 Å². The summed E-state index contributed by atoms with van der Waals surface area (Å²) in [5.41, 5.74) is 12.5. The Labute approximate surface area is 284 Å². The second-order valence-electron chi connectivity index (χ2n) is 16.1. The highest BCUT2D eigenvalue weighted by Crippen LogP contribution is 2.54. The minimum Gasteiger partial charge on any atom is -0.374 e. The van der Waals surface area contributed by atoms with Crippen molar-refractivity contribution in [3.8, 4) is 17.8 Å². The van der Waals surface area contributed by atoms with Crippen molar-refractivity contribution in [2.45, 2.75) is 71.6 Å². The first-order valence-electron chi connectivity index (χ1n) is 16.9. The van der Waals surface area contributed by atoms with E-state index in [4.69, 9.17) is 0 Å². The molecule has 0 saturated heterocycles. The maximum Gasteiger partial charge on any atom is 0.332 e. The second-order valence-corrected chi connectivity index (χ2v) is 16.1. The largest absolute Gasteiger partial charge is 0.374 e. The van der Waals surface area contributed by atoms with Gasteiger partial charge in [-0.05, 0) is 68.3 Å². The Kier molecular flexibility index (Phi) is 6.20. The van der Waals surface area contributed by atoms with Gasteiger partial charge in [0.2, 0.25) is 0 Å². The van der Waals surface area contributed by atoms with Crippen molar-refractivity contribution in [1.29, 1.82) is 10.5 Å². The molecule has 5 aromatic carbocycles. The second kappa shape index (κ2) is 9.88. The van der Waals surface area contributed by atoms with E-state index < -0.39 is 5.41 Å². The Morgan fingerprint density at radius 3 is 1.73 bits per heavy atom. The van der Waals surface area contributed by atoms with Crippen molar-refractivity contribution < 1.29 is 0 Å². The summed E-state index contributed by atoms with van der Waals surface area (Å²) in [5, 5.41) is 24.3. The van der Waals surface area contributed by atoms with E-state index in [-0.39, 0.29) is 17.7 Å². The Balaban J connectivity index is 1.57. The van der Waals surface area contributed by atoms with E-state index in [1.807, 2.05) is 0 Å². The molecule has 0 atom stereocenters. The molecule has 0 bridgehead atoms. The third-order valence-electron chi connectivity index (χ3n) is 10.8. The van der Waals surface area contributed by atoms with Crippen molar-refractivity contribution in [2.24, 2.45) is 0 Å². The molecule has 1 aromatic heterocycles. The van der Waals surface area contributed by atoms with Gasteiger partial charge in [0.25, 0.3) is 0 Å². The average molecular weight is 623 g/mol. The number of hydrogen-bond donors (Lipinski definition) is 0. The van der Waals surface area contributed by atoms with Crippen molar-refractivity contribution in [1.82, 2.24) is 4.57 Å². The number of aromatic nitrogens is 1. The van der Waals surface area contributed by atoms with Crippen LogP contribution in [0.15, 0.2) is 91.0 Å². The van der Waals surface area contributed by atoms with Gasteiger partial charge in [-0.2, -0.15) is 10.5 Å². The number of nitriles is 2. The molecule has 6 aromatic rings. The molecular formula is C43H39BN4. The van der Waals surface area contributed by atoms with Crippen molar-refractivity contribution >= 4 is 51.0 Å². The quantitative estimate of drug-likeness (QED) is 0.172. The highest BCUT2D eigenvalue weighted by molar-refractivity contribution is 6.92. The highest BCUT2D eigenvalue weighted by Gasteiger charge is 2.47. The maximum atomic E-state index is 11.0. The fourth-order valence-corrected chi connectivity index (χ4v) is 8.18. The predicted octanol–water partition coefficient (Wildman–Crippen LogP) is 9.02. The average Bonchev–Trinajstić information content (AvgIpc) is 3.40. The summed E-state index contributed by atoms with van der Waals surface area (Å²) in [5.74, 6) is 0. The van der Waals surface area contributed by atoms with E-state index in [0.29, 0.717) is 11.1 Å². The molecule has 2 aliphatic rings. The van der Waals surface area contributed by atoms with Gasteiger partial charge < -0.3 is 9.38 Å². The first-order chi connectivity index (χ1) is 22.8. The molecule has 0 spiro atoms. The van der Waals surface area contributed by atoms with Crippen LogP contribution < -0.4 is 15.7 Å². The molecule has 48 heavy (non-hydrogen) atoms. The van der Waals surface area contributed by atoms with E-state index in [0.717, 1.165) is 50.2 Å². The summed E-state index contributed by atoms with van der Waals surface area (Å²) in [7, 11) is 0. The van der Waals surface area contributed by atoms with E-state index in [1.54, 1.807) is 0 Å². The summed E-state index contributed by atoms with van der Waals surface area (Å²) >= 11 is 0. The van der Waals surface area contributed by atoms with E-state index in [2.05, 4.69) is 168 Å². The lowest BCUT2D eigenvalue weighted by Gasteiger charge is -2.47. The van der Waals surface area contributed by atoms with Gasteiger partial charge in [-0.25, -0.2) is 0 Å². The SMILES string of the molecule is CC(C)(C)c1cc(C#N)c2c(c1)C(C)(C)c1cc(C(C)(C)C)cc(C#N)c1N2B1c2ccccc2-n2c3ccccc3c3cccc1c32. The number of nitrogens with zero attached hydrogens (tertiary/aromatic N) is 4. The Morgan fingerprint density at radius 2 is 1.15 bits per heavy atom. The first-order valence-corrected chi connectivity index (χ1v) is 16.9. The molecule has 5 heteroatoms. The number of hydrogen-bond acceptors (Lipinski definition) is 3. The third kappa shape index (κ3) is 4.01. The van der Waals surface area contributed by atoms with Gasteiger partial charge in [0, 0.05) is 21.9 Å². The highest BCUT2D eigenvalue weighted by atomic mass is 15.1. The molecule has 3 heterocycles. The Morgan fingerprint density at radius 1 is 0.625 bits per heavy atom. The fraction of sp³-hybridized carbons (Fsp3) is 0.256. The zero-order valence-corrected chi connectivity index (χ0v) is 29.0. The topological polar surface area (TPSA) is 55.8 Å². The molecule has 0 saturated carbocycles. The van der Waals surface area contributed by atoms with E-state index >= 15 is 0 Å². The minimum atomic E-state index is -0.476. The minimum absolute atomic E-state index is 0.156. The van der Waals surface area contributed by atoms with Gasteiger partial charge in [0.05, 0.1) is 33.5 Å². The van der Waals surface area contributed by atoms with Crippen LogP contribution >= 0.6 is 0 Å². The zero-order valence-electron chi connectivity index (χ0n) is 29.0. The van der Waals surface area contributed by atoms with E-state index in [1.165, 1.54) is 21.8 Å². The number of anilines is 2. The van der Waals surface area contributed by atoms with Gasteiger partial charge in [-0.15, -0.1) is 0 Å². The van der Waals surface area contributed by atoms with Crippen LogP contribution in [0.2, 0.25) is 0 Å². The van der Waals surface area contributed by atoms with Gasteiger partial charge in [-0.3, -0.25) is 0 Å². The third-order valence-corrected chi connectivity index (χ3v) is 10.8. The molecule has 4 nitrogen and oxygen atoms in total. The smallest absolute Gasteiger partial charge is 0.332 e. The lowest BCUT2D eigenvalue weighted by Crippen LogP contribution is -2.60. The van der Waals surface area contributed by atoms with Crippen molar-refractivity contribution in [3.05, 3.63) is 124 Å². The van der Waals surface area contributed by atoms with E-state index in [9.17, 15) is 10.5 Å². The maximum absolute atomic E-state index is 11.0. The van der Waals surface area contributed by atoms with Crippen molar-refractivity contribution in [3.63, 3.8) is 0 Å². The van der Waals surface area contributed by atoms with Crippen LogP contribution in [0.1, 0.15) is 88.8 Å². The molecule has 0 N–H and O–H groups in total. The van der Waals surface area contributed by atoms with Crippen molar-refractivity contribution in [2.75, 3.05) is 4.81 Å². The Bertz CT molecular complexity index is 2350. The van der Waals surface area contributed by atoms with Crippen LogP contribution in [-0.2, 0) is 16.2 Å². The Hall–Kier alpha value is -5.26. The molecule has 0 unspecified atom stereocenters. The lowest BCUT2D eigenvalue weighted by molar-refractivity contribution is 0.573. The normalized spacial score (nSPS) is 14.7. The van der Waals surface area contributed by atoms with Crippen LogP contribution in [-0.4, -0.2) is 11.4 Å². The first kappa shape index (κ1) is 30.1. The summed E-state index contributed by atoms with van der Waals surface area (Å²) in [4.78, 5) is 2.36. The standard InChI is InChI=1S/C43H39BN4/c1-41(2,3)28-20-26(24-45)38-32(22-28)43(7,8)33-23-29(42(4,5)6)21-27(25-46)39(33)48(38)44-34-16-10-12-19-37(34)47-36-18-11-9-14-30(36)31-15-13-17-35(44)40(31)47/h9-23H,1-8H3. The zero-order chi connectivity index (χ0) is 33.9. The van der Waals surface area contributed by atoms with Gasteiger partial charge >= 0.3 is 6.85 Å². The molecule has 0 aliphatic carbocycles. The molecule has 0 fully saturated rings. The summed E-state index contributed by atoms with van der Waals surface area (Å²) in [6, 6.07) is 38.0. The number of rotatable bonds is 1. The monoisotopic (exact) mass is 622 g/mol. The lowest BCUT2D eigenvalue weighted by atomic mass is 9.45. The summed E-state index contributed by atoms with van der Waals surface area (Å²) < 4.78 is 2.41. The van der Waals surface area contributed by atoms with Crippen LogP contribution in [0.3, 0.4) is 0 Å². The molecular weight excluding hydrogens is 583 g/mol. The van der Waals surface area contributed by atoms with Gasteiger partial charge in [-0.1, -0.05) is 122 Å². The van der Waals surface area contributed by atoms with Gasteiger partial charge in [0.1, 0.15) is 12.1 Å². The van der Waals surface area contributed by atoms with Crippen LogP contribution in [0.4, 0.5) is 11.4 Å². The number of fused-ring (bicyclic) bond motifs is 7. The molecule has 234 valence electrons. The molecule has 0 radical (unpaired) electrons. The molecule has 2 aliphatic heterocycles. The van der Waals surface area contributed by atoms with Crippen LogP contribution in [0.25, 0.3) is 27.5 Å². The molecule has 8 rings (SSSR count).